The van der Waals surface area contributed by atoms with E-state index in [0.717, 1.165) is 57.8 Å². The van der Waals surface area contributed by atoms with E-state index in [2.05, 4.69) is 27.7 Å². The molecule has 0 aromatic rings. The molecule has 4 saturated carbocycles. The molecule has 0 saturated heterocycles. The molecule has 4 rings (SSSR count). The number of nitrogens with zero attached hydrogens (tertiary/aromatic N) is 1. The van der Waals surface area contributed by atoms with Crippen LogP contribution in [0.5, 0.6) is 0 Å². The molecule has 0 amide bonds. The average molecular weight is 584 g/mol. The SMILES string of the molecule is CCN(C)S(=O)(=O)O[C@H]1C[C@H]2[C@@H](CC[C@@]3(C)C[C@@H](OC(C)=O)CC[C@]23C)[C@@H]2CC[C@H]([C@@H](C)CCC(=O)OC)[C@@]12C. The summed E-state index contributed by atoms with van der Waals surface area (Å²) in [6, 6.07) is 0. The molecule has 0 aromatic carbocycles. The number of hydrogen-bond donors (Lipinski definition) is 0. The summed E-state index contributed by atoms with van der Waals surface area (Å²) in [6.45, 7) is 13.0. The van der Waals surface area contributed by atoms with Crippen LogP contribution < -0.4 is 0 Å². The van der Waals surface area contributed by atoms with Crippen molar-refractivity contribution in [2.45, 2.75) is 118 Å². The van der Waals surface area contributed by atoms with E-state index in [1.807, 2.05) is 6.92 Å². The molecule has 9 heteroatoms. The van der Waals surface area contributed by atoms with Crippen molar-refractivity contribution in [2.75, 3.05) is 20.7 Å². The summed E-state index contributed by atoms with van der Waals surface area (Å²) in [4.78, 5) is 23.7. The lowest BCUT2D eigenvalue weighted by atomic mass is 9.39. The van der Waals surface area contributed by atoms with Crippen LogP contribution in [0.3, 0.4) is 0 Å². The lowest BCUT2D eigenvalue weighted by Crippen LogP contribution is -2.62. The number of fused-ring (bicyclic) bond motifs is 5. The van der Waals surface area contributed by atoms with E-state index >= 15 is 0 Å². The summed E-state index contributed by atoms with van der Waals surface area (Å²) in [5, 5.41) is 0. The fourth-order valence-electron chi connectivity index (χ4n) is 9.99. The van der Waals surface area contributed by atoms with Crippen LogP contribution in [0.4, 0.5) is 0 Å². The Morgan fingerprint density at radius 1 is 1.05 bits per heavy atom. The number of carbonyl (C=O) groups is 2. The van der Waals surface area contributed by atoms with Crippen molar-refractivity contribution in [3.05, 3.63) is 0 Å². The summed E-state index contributed by atoms with van der Waals surface area (Å²) in [7, 11) is -0.876. The molecule has 0 aliphatic heterocycles. The van der Waals surface area contributed by atoms with E-state index < -0.39 is 16.4 Å². The Hall–Kier alpha value is -1.19. The maximum absolute atomic E-state index is 13.4. The minimum atomic E-state index is -3.89. The first kappa shape index (κ1) is 31.7. The van der Waals surface area contributed by atoms with Crippen LogP contribution in [-0.4, -0.2) is 57.6 Å². The highest BCUT2D eigenvalue weighted by Crippen LogP contribution is 2.72. The highest BCUT2D eigenvalue weighted by atomic mass is 32.2. The monoisotopic (exact) mass is 583 g/mol. The Bertz CT molecular complexity index is 1060. The van der Waals surface area contributed by atoms with Crippen LogP contribution in [0.25, 0.3) is 0 Å². The molecule has 230 valence electrons. The van der Waals surface area contributed by atoms with E-state index in [4.69, 9.17) is 13.7 Å². The van der Waals surface area contributed by atoms with Gasteiger partial charge in [-0.1, -0.05) is 34.6 Å². The number of ether oxygens (including phenoxy) is 2. The molecule has 0 radical (unpaired) electrons. The van der Waals surface area contributed by atoms with Crippen molar-refractivity contribution in [3.8, 4) is 0 Å². The molecule has 0 unspecified atom stereocenters. The van der Waals surface area contributed by atoms with Crippen LogP contribution in [-0.2, 0) is 33.6 Å². The second-order valence-electron chi connectivity index (χ2n) is 14.2. The molecule has 4 fully saturated rings. The number of carbonyl (C=O) groups excluding carboxylic acids is 2. The standard InChI is InChI=1S/C31H53NO7S/c1-9-32(7)40(35,36)39-27-18-26-23(15-16-29(4)19-22(38-21(3)33)14-17-30(26,29)5)25-12-11-24(31(25,27)6)20(2)10-13-28(34)37-8/h20,22-27H,9-19H2,1-8H3/t20-,22-,23-,24+,25-,26-,27-,29-,30+,31+/m0/s1. The van der Waals surface area contributed by atoms with Crippen molar-refractivity contribution in [1.29, 1.82) is 0 Å². The van der Waals surface area contributed by atoms with Gasteiger partial charge in [-0.3, -0.25) is 13.8 Å². The fourth-order valence-corrected chi connectivity index (χ4v) is 11.0. The van der Waals surface area contributed by atoms with Crippen LogP contribution in [0.2, 0.25) is 0 Å². The van der Waals surface area contributed by atoms with E-state index in [9.17, 15) is 18.0 Å². The summed E-state index contributed by atoms with van der Waals surface area (Å²) < 4.78 is 45.0. The van der Waals surface area contributed by atoms with Gasteiger partial charge in [0.05, 0.1) is 13.2 Å². The van der Waals surface area contributed by atoms with Crippen molar-refractivity contribution >= 4 is 22.2 Å². The van der Waals surface area contributed by atoms with Gasteiger partial charge < -0.3 is 9.47 Å². The Balaban J connectivity index is 1.69. The summed E-state index contributed by atoms with van der Waals surface area (Å²) in [6.07, 6.45) is 8.36. The molecule has 10 atom stereocenters. The van der Waals surface area contributed by atoms with E-state index in [1.54, 1.807) is 7.05 Å². The molecular formula is C31H53NO7S. The van der Waals surface area contributed by atoms with Gasteiger partial charge in [-0.05, 0) is 98.2 Å². The van der Waals surface area contributed by atoms with E-state index in [-0.39, 0.29) is 46.1 Å². The minimum Gasteiger partial charge on any atom is -0.469 e. The predicted octanol–water partition coefficient (Wildman–Crippen LogP) is 5.75. The second kappa shape index (κ2) is 11.5. The summed E-state index contributed by atoms with van der Waals surface area (Å²) in [5.41, 5.74) is -0.252. The van der Waals surface area contributed by atoms with Crippen LogP contribution in [0.1, 0.15) is 106 Å². The number of hydrogen-bond acceptors (Lipinski definition) is 7. The van der Waals surface area contributed by atoms with E-state index in [0.29, 0.717) is 30.7 Å². The smallest absolute Gasteiger partial charge is 0.338 e. The first-order valence-electron chi connectivity index (χ1n) is 15.5. The predicted molar refractivity (Wildman–Crippen MR) is 153 cm³/mol. The average Bonchev–Trinajstić information content (AvgIpc) is 3.25. The van der Waals surface area contributed by atoms with Crippen LogP contribution in [0.15, 0.2) is 0 Å². The first-order valence-corrected chi connectivity index (χ1v) is 16.9. The topological polar surface area (TPSA) is 99.2 Å². The number of rotatable bonds is 9. The molecule has 4 aliphatic carbocycles. The normalized spacial score (nSPS) is 41.9. The Kier molecular flexibility index (Phi) is 9.11. The zero-order valence-electron chi connectivity index (χ0n) is 26.0. The van der Waals surface area contributed by atoms with Gasteiger partial charge in [-0.25, -0.2) is 0 Å². The van der Waals surface area contributed by atoms with Crippen molar-refractivity contribution in [3.63, 3.8) is 0 Å². The molecule has 0 spiro atoms. The largest absolute Gasteiger partial charge is 0.469 e. The summed E-state index contributed by atoms with van der Waals surface area (Å²) in [5.74, 6) is 1.35. The van der Waals surface area contributed by atoms with Crippen LogP contribution in [0, 0.1) is 45.8 Å². The molecular weight excluding hydrogens is 530 g/mol. The molecule has 4 aliphatic rings. The Morgan fingerprint density at radius 2 is 1.75 bits per heavy atom. The van der Waals surface area contributed by atoms with Crippen LogP contribution >= 0.6 is 0 Å². The number of esters is 2. The van der Waals surface area contributed by atoms with Crippen molar-refractivity contribution < 1.29 is 31.7 Å². The van der Waals surface area contributed by atoms with Gasteiger partial charge in [-0.2, -0.15) is 12.7 Å². The third kappa shape index (κ3) is 5.36. The quantitative estimate of drug-likeness (QED) is 0.319. The van der Waals surface area contributed by atoms with Crippen molar-refractivity contribution in [2.24, 2.45) is 45.8 Å². The third-order valence-corrected chi connectivity index (χ3v) is 14.1. The van der Waals surface area contributed by atoms with Gasteiger partial charge >= 0.3 is 22.2 Å². The van der Waals surface area contributed by atoms with Gasteiger partial charge in [0.1, 0.15) is 6.10 Å². The highest BCUT2D eigenvalue weighted by Gasteiger charge is 2.67. The Morgan fingerprint density at radius 3 is 2.38 bits per heavy atom. The first-order chi connectivity index (χ1) is 18.6. The lowest BCUT2D eigenvalue weighted by Gasteiger charge is -2.66. The molecule has 40 heavy (non-hydrogen) atoms. The molecule has 0 heterocycles. The summed E-state index contributed by atoms with van der Waals surface area (Å²) >= 11 is 0. The fraction of sp³-hybridized carbons (Fsp3) is 0.935. The number of methoxy groups -OCH3 is 1. The molecule has 0 aromatic heterocycles. The second-order valence-corrected chi connectivity index (χ2v) is 15.9. The van der Waals surface area contributed by atoms with Gasteiger partial charge in [0.15, 0.2) is 0 Å². The molecule has 0 N–H and O–H groups in total. The highest BCUT2D eigenvalue weighted by molar-refractivity contribution is 7.84. The minimum absolute atomic E-state index is 0.0184. The zero-order chi connectivity index (χ0) is 29.7. The van der Waals surface area contributed by atoms with Crippen molar-refractivity contribution in [1.82, 2.24) is 4.31 Å². The van der Waals surface area contributed by atoms with Gasteiger partial charge in [0.2, 0.25) is 0 Å². The Labute approximate surface area is 242 Å². The molecule has 8 nitrogen and oxygen atoms in total. The maximum Gasteiger partial charge on any atom is 0.338 e. The lowest BCUT2D eigenvalue weighted by molar-refractivity contribution is -0.202. The van der Waals surface area contributed by atoms with Gasteiger partial charge in [0.25, 0.3) is 0 Å². The van der Waals surface area contributed by atoms with E-state index in [1.165, 1.54) is 18.3 Å². The maximum atomic E-state index is 13.4. The zero-order valence-corrected chi connectivity index (χ0v) is 26.8. The third-order valence-electron chi connectivity index (χ3n) is 12.6. The van der Waals surface area contributed by atoms with Gasteiger partial charge in [-0.15, -0.1) is 0 Å². The molecule has 0 bridgehead atoms. The van der Waals surface area contributed by atoms with Gasteiger partial charge in [0, 0.05) is 32.4 Å².